The summed E-state index contributed by atoms with van der Waals surface area (Å²) in [5.74, 6) is -0.176. The molecular formula is C24H20ClFN6O3S. The number of benzene rings is 1. The van der Waals surface area contributed by atoms with E-state index >= 15 is 4.39 Å². The smallest absolute Gasteiger partial charge is 0.259 e. The number of rotatable bonds is 6. The van der Waals surface area contributed by atoms with Crippen molar-refractivity contribution in [1.82, 2.24) is 24.6 Å². The molecule has 1 aromatic carbocycles. The van der Waals surface area contributed by atoms with Gasteiger partial charge < -0.3 is 20.1 Å². The van der Waals surface area contributed by atoms with Crippen LogP contribution in [0.5, 0.6) is 0 Å². The maximum absolute atomic E-state index is 15.9. The predicted octanol–water partition coefficient (Wildman–Crippen LogP) is 3.89. The fourth-order valence-corrected chi connectivity index (χ4v) is 6.23. The van der Waals surface area contributed by atoms with Crippen LogP contribution in [0.25, 0.3) is 10.6 Å². The number of amides is 1. The molecule has 1 saturated heterocycles. The minimum Gasteiger partial charge on any atom is -0.394 e. The summed E-state index contributed by atoms with van der Waals surface area (Å²) in [5, 5.41) is 17.9. The number of aliphatic hydroxyl groups is 1. The highest BCUT2D eigenvalue weighted by Gasteiger charge is 2.60. The lowest BCUT2D eigenvalue weighted by Gasteiger charge is -2.48. The van der Waals surface area contributed by atoms with Gasteiger partial charge in [0.2, 0.25) is 5.95 Å². The van der Waals surface area contributed by atoms with Crippen molar-refractivity contribution in [3.63, 3.8) is 0 Å². The van der Waals surface area contributed by atoms with Crippen molar-refractivity contribution in [1.29, 1.82) is 0 Å². The average Bonchev–Trinajstić information content (AvgIpc) is 3.48. The van der Waals surface area contributed by atoms with Gasteiger partial charge in [0.05, 0.1) is 53.1 Å². The van der Waals surface area contributed by atoms with E-state index in [4.69, 9.17) is 16.3 Å². The molecule has 3 aromatic heterocycles. The Morgan fingerprint density at radius 3 is 2.81 bits per heavy atom. The quantitative estimate of drug-likeness (QED) is 0.392. The molecule has 0 bridgehead atoms. The van der Waals surface area contributed by atoms with Crippen LogP contribution in [-0.4, -0.2) is 55.5 Å². The first kappa shape index (κ1) is 23.0. The minimum absolute atomic E-state index is 0.00136. The van der Waals surface area contributed by atoms with Gasteiger partial charge in [0.25, 0.3) is 5.91 Å². The minimum atomic E-state index is -0.866. The largest absolute Gasteiger partial charge is 0.394 e. The van der Waals surface area contributed by atoms with Gasteiger partial charge in [0, 0.05) is 24.3 Å². The molecule has 2 aliphatic rings. The number of aliphatic hydroxyl groups excluding tert-OH is 1. The van der Waals surface area contributed by atoms with E-state index in [2.05, 4.69) is 20.4 Å². The van der Waals surface area contributed by atoms with E-state index in [0.29, 0.717) is 27.0 Å². The molecule has 1 amide bonds. The summed E-state index contributed by atoms with van der Waals surface area (Å²) >= 11 is 7.34. The Hall–Kier alpha value is -3.38. The molecular weight excluding hydrogens is 507 g/mol. The number of carbonyl (C=O) groups excluding carboxylic acids is 1. The SMILES string of the molecule is Cn1nccc1Nc1nccc(-c2sc3c(c2F)C(=O)N(C(CO)c2cccc(Cl)c2)C32COC2)n1. The van der Waals surface area contributed by atoms with Gasteiger partial charge in [-0.3, -0.25) is 9.48 Å². The summed E-state index contributed by atoms with van der Waals surface area (Å²) < 4.78 is 23.1. The molecule has 1 fully saturated rings. The molecule has 0 radical (unpaired) electrons. The molecule has 184 valence electrons. The van der Waals surface area contributed by atoms with Crippen LogP contribution >= 0.6 is 22.9 Å². The number of hydrogen-bond donors (Lipinski definition) is 2. The Labute approximate surface area is 214 Å². The van der Waals surface area contributed by atoms with Crippen molar-refractivity contribution in [2.45, 2.75) is 11.6 Å². The van der Waals surface area contributed by atoms with E-state index in [1.54, 1.807) is 59.2 Å². The third kappa shape index (κ3) is 3.42. The second-order valence-corrected chi connectivity index (χ2v) is 10.1. The normalized spacial score (nSPS) is 16.8. The second kappa shape index (κ2) is 8.63. The number of halogens is 2. The highest BCUT2D eigenvalue weighted by Crippen LogP contribution is 2.54. The van der Waals surface area contributed by atoms with Gasteiger partial charge in [0.1, 0.15) is 11.4 Å². The van der Waals surface area contributed by atoms with E-state index < -0.39 is 23.3 Å². The standard InChI is InChI=1S/C24H20ClFN6O3S/c1-31-17(6-8-28-31)30-23-27-7-5-15(29-23)20-19(26)18-21(36-20)24(11-35-12-24)32(22(18)34)16(10-33)13-3-2-4-14(25)9-13/h2-9,16,33H,10-12H2,1H3,(H,27,29,30). The second-order valence-electron chi connectivity index (χ2n) is 8.63. The Morgan fingerprint density at radius 1 is 1.31 bits per heavy atom. The summed E-state index contributed by atoms with van der Waals surface area (Å²) in [6.45, 7) is 0.0741. The zero-order valence-electron chi connectivity index (χ0n) is 19.0. The number of ether oxygens (including phenoxy) is 1. The van der Waals surface area contributed by atoms with Crippen molar-refractivity contribution in [2.75, 3.05) is 25.1 Å². The van der Waals surface area contributed by atoms with Crippen LogP contribution in [0.1, 0.15) is 26.8 Å². The molecule has 1 atom stereocenters. The average molecular weight is 527 g/mol. The molecule has 0 aliphatic carbocycles. The number of thiophene rings is 1. The first-order chi connectivity index (χ1) is 17.4. The van der Waals surface area contributed by atoms with Gasteiger partial charge in [0.15, 0.2) is 5.82 Å². The Morgan fingerprint density at radius 2 is 2.14 bits per heavy atom. The van der Waals surface area contributed by atoms with Crippen LogP contribution in [-0.2, 0) is 17.3 Å². The number of aromatic nitrogens is 4. The van der Waals surface area contributed by atoms with E-state index in [0.717, 1.165) is 0 Å². The molecule has 0 saturated carbocycles. The van der Waals surface area contributed by atoms with Crippen LogP contribution in [0.2, 0.25) is 5.02 Å². The predicted molar refractivity (Wildman–Crippen MR) is 132 cm³/mol. The van der Waals surface area contributed by atoms with Crippen molar-refractivity contribution < 1.29 is 19.0 Å². The molecule has 2 N–H and O–H groups in total. The lowest BCUT2D eigenvalue weighted by atomic mass is 9.92. The molecule has 5 heterocycles. The van der Waals surface area contributed by atoms with E-state index in [1.165, 1.54) is 17.5 Å². The van der Waals surface area contributed by atoms with Crippen LogP contribution in [0.4, 0.5) is 16.2 Å². The maximum atomic E-state index is 15.9. The number of anilines is 2. The fraction of sp³-hybridized carbons (Fsp3) is 0.250. The molecule has 1 spiro atoms. The number of hydrogen-bond acceptors (Lipinski definition) is 8. The molecule has 6 rings (SSSR count). The number of fused-ring (bicyclic) bond motifs is 2. The Bertz CT molecular complexity index is 1490. The molecule has 36 heavy (non-hydrogen) atoms. The van der Waals surface area contributed by atoms with Gasteiger partial charge in [-0.1, -0.05) is 23.7 Å². The summed E-state index contributed by atoms with van der Waals surface area (Å²) in [7, 11) is 1.77. The van der Waals surface area contributed by atoms with Gasteiger partial charge in [-0.25, -0.2) is 14.4 Å². The molecule has 1 unspecified atom stereocenters. The van der Waals surface area contributed by atoms with Gasteiger partial charge in [-0.05, 0) is 23.8 Å². The third-order valence-electron chi connectivity index (χ3n) is 6.52. The van der Waals surface area contributed by atoms with Crippen LogP contribution in [0.3, 0.4) is 0 Å². The third-order valence-corrected chi connectivity index (χ3v) is 8.13. The van der Waals surface area contributed by atoms with E-state index in [9.17, 15) is 9.90 Å². The van der Waals surface area contributed by atoms with Crippen molar-refractivity contribution in [3.05, 3.63) is 75.6 Å². The highest BCUT2D eigenvalue weighted by molar-refractivity contribution is 7.16. The van der Waals surface area contributed by atoms with Crippen LogP contribution in [0, 0.1) is 5.82 Å². The first-order valence-electron chi connectivity index (χ1n) is 11.1. The van der Waals surface area contributed by atoms with Crippen LogP contribution in [0.15, 0.2) is 48.8 Å². The van der Waals surface area contributed by atoms with E-state index in [-0.39, 0.29) is 36.2 Å². The number of nitrogens with one attached hydrogen (secondary N) is 1. The van der Waals surface area contributed by atoms with Crippen molar-refractivity contribution in [2.24, 2.45) is 7.05 Å². The van der Waals surface area contributed by atoms with Crippen molar-refractivity contribution in [3.8, 4) is 10.6 Å². The summed E-state index contributed by atoms with van der Waals surface area (Å²) in [4.78, 5) is 24.7. The van der Waals surface area contributed by atoms with Crippen LogP contribution < -0.4 is 5.32 Å². The Balaban J connectivity index is 1.39. The zero-order valence-corrected chi connectivity index (χ0v) is 20.6. The molecule has 4 aromatic rings. The topological polar surface area (TPSA) is 105 Å². The monoisotopic (exact) mass is 526 g/mol. The lowest BCUT2D eigenvalue weighted by molar-refractivity contribution is -0.139. The van der Waals surface area contributed by atoms with Crippen molar-refractivity contribution >= 4 is 40.6 Å². The highest BCUT2D eigenvalue weighted by atomic mass is 35.5. The molecule has 9 nitrogen and oxygen atoms in total. The zero-order chi connectivity index (χ0) is 25.0. The number of nitrogens with zero attached hydrogens (tertiary/aromatic N) is 5. The summed E-state index contributed by atoms with van der Waals surface area (Å²) in [5.41, 5.74) is 0.157. The lowest BCUT2D eigenvalue weighted by Crippen LogP contribution is -2.58. The summed E-state index contributed by atoms with van der Waals surface area (Å²) in [6, 6.07) is 9.64. The van der Waals surface area contributed by atoms with Gasteiger partial charge >= 0.3 is 0 Å². The Kier molecular flexibility index (Phi) is 5.52. The number of aryl methyl sites for hydroxylation is 1. The summed E-state index contributed by atoms with van der Waals surface area (Å²) in [6.07, 6.45) is 3.17. The van der Waals surface area contributed by atoms with Gasteiger partial charge in [-0.15, -0.1) is 11.3 Å². The number of carbonyl (C=O) groups is 1. The maximum Gasteiger partial charge on any atom is 0.259 e. The van der Waals surface area contributed by atoms with Gasteiger partial charge in [-0.2, -0.15) is 5.10 Å². The molecule has 2 aliphatic heterocycles. The fourth-order valence-electron chi connectivity index (χ4n) is 4.73. The first-order valence-corrected chi connectivity index (χ1v) is 12.3. The van der Waals surface area contributed by atoms with E-state index in [1.807, 2.05) is 0 Å². The molecule has 12 heteroatoms.